The second-order valence-corrected chi connectivity index (χ2v) is 5.80. The molecule has 4 heteroatoms. The summed E-state index contributed by atoms with van der Waals surface area (Å²) in [6, 6.07) is 0.411. The van der Waals surface area contributed by atoms with Gasteiger partial charge in [0, 0.05) is 25.7 Å². The Balaban J connectivity index is 1.99. The molecule has 0 spiro atoms. The predicted octanol–water partition coefficient (Wildman–Crippen LogP) is 1.39. The Morgan fingerprint density at radius 2 is 2.11 bits per heavy atom. The molecule has 3 atom stereocenters. The van der Waals surface area contributed by atoms with Gasteiger partial charge in [-0.05, 0) is 38.5 Å². The lowest BCUT2D eigenvalue weighted by Crippen LogP contribution is -2.47. The molecule has 1 amide bonds. The van der Waals surface area contributed by atoms with Crippen LogP contribution in [-0.4, -0.2) is 43.2 Å². The fourth-order valence-electron chi connectivity index (χ4n) is 3.05. The van der Waals surface area contributed by atoms with Gasteiger partial charge in [0.05, 0.1) is 12.5 Å². The Hall–Kier alpha value is -0.610. The average Bonchev–Trinajstić information content (AvgIpc) is 3.12. The minimum absolute atomic E-state index is 0.0445. The van der Waals surface area contributed by atoms with Gasteiger partial charge in [-0.3, -0.25) is 4.79 Å². The Morgan fingerprint density at radius 3 is 2.61 bits per heavy atom. The van der Waals surface area contributed by atoms with E-state index in [1.165, 1.54) is 12.8 Å². The largest absolute Gasteiger partial charge is 0.383 e. The molecule has 0 aromatic carbocycles. The minimum Gasteiger partial charge on any atom is -0.383 e. The Bertz CT molecular complexity index is 292. The zero-order valence-electron chi connectivity index (χ0n) is 11.6. The van der Waals surface area contributed by atoms with Gasteiger partial charge < -0.3 is 15.4 Å². The van der Waals surface area contributed by atoms with Crippen LogP contribution in [-0.2, 0) is 9.53 Å². The number of carbonyl (C=O) groups is 1. The third-order valence-corrected chi connectivity index (χ3v) is 4.50. The lowest BCUT2D eigenvalue weighted by atomic mass is 10.0. The van der Waals surface area contributed by atoms with Gasteiger partial charge in [-0.15, -0.1) is 0 Å². The summed E-state index contributed by atoms with van der Waals surface area (Å²) in [5.74, 6) is 1.00. The summed E-state index contributed by atoms with van der Waals surface area (Å²) >= 11 is 0. The number of methoxy groups -OCH3 is 1. The van der Waals surface area contributed by atoms with Gasteiger partial charge in [0.1, 0.15) is 0 Å². The molecule has 0 bridgehead atoms. The molecule has 2 rings (SSSR count). The van der Waals surface area contributed by atoms with E-state index in [0.29, 0.717) is 25.1 Å². The van der Waals surface area contributed by atoms with Crippen LogP contribution in [0.3, 0.4) is 0 Å². The molecule has 0 aromatic heterocycles. The Labute approximate surface area is 110 Å². The highest BCUT2D eigenvalue weighted by molar-refractivity contribution is 5.80. The molecule has 2 aliphatic rings. The van der Waals surface area contributed by atoms with E-state index in [9.17, 15) is 4.79 Å². The molecule has 0 radical (unpaired) electrons. The number of ether oxygens (including phenoxy) is 1. The zero-order chi connectivity index (χ0) is 13.1. The van der Waals surface area contributed by atoms with Gasteiger partial charge >= 0.3 is 0 Å². The topological polar surface area (TPSA) is 55.6 Å². The summed E-state index contributed by atoms with van der Waals surface area (Å²) in [4.78, 5) is 14.7. The van der Waals surface area contributed by atoms with Crippen molar-refractivity contribution in [3.05, 3.63) is 0 Å². The second kappa shape index (κ2) is 6.02. The number of hydrogen-bond donors (Lipinski definition) is 1. The van der Waals surface area contributed by atoms with Crippen LogP contribution in [0.1, 0.15) is 39.0 Å². The molecule has 18 heavy (non-hydrogen) atoms. The van der Waals surface area contributed by atoms with Crippen LogP contribution in [0, 0.1) is 11.8 Å². The number of rotatable bonds is 6. The van der Waals surface area contributed by atoms with Crippen LogP contribution in [0.5, 0.6) is 0 Å². The van der Waals surface area contributed by atoms with E-state index in [1.54, 1.807) is 7.11 Å². The lowest BCUT2D eigenvalue weighted by Gasteiger charge is -2.32. The van der Waals surface area contributed by atoms with E-state index < -0.39 is 0 Å². The molecule has 2 N–H and O–H groups in total. The summed E-state index contributed by atoms with van der Waals surface area (Å²) in [5, 5.41) is 0. The first kappa shape index (κ1) is 13.8. The van der Waals surface area contributed by atoms with Crippen molar-refractivity contribution >= 4 is 5.91 Å². The maximum Gasteiger partial charge on any atom is 0.227 e. The number of nitrogens with two attached hydrogens (primary N) is 1. The first-order valence-corrected chi connectivity index (χ1v) is 7.20. The molecule has 0 aliphatic heterocycles. The molecule has 0 aromatic rings. The normalized spacial score (nSPS) is 29.3. The number of hydrogen-bond acceptors (Lipinski definition) is 3. The molecule has 104 valence electrons. The number of amides is 1. The summed E-state index contributed by atoms with van der Waals surface area (Å²) in [5.41, 5.74) is 6.06. The van der Waals surface area contributed by atoms with Crippen molar-refractivity contribution in [2.24, 2.45) is 17.6 Å². The highest BCUT2D eigenvalue weighted by atomic mass is 16.5. The van der Waals surface area contributed by atoms with E-state index in [0.717, 1.165) is 19.3 Å². The molecule has 2 aliphatic carbocycles. The van der Waals surface area contributed by atoms with E-state index in [1.807, 2.05) is 4.90 Å². The predicted molar refractivity (Wildman–Crippen MR) is 71.1 cm³/mol. The van der Waals surface area contributed by atoms with Gasteiger partial charge in [-0.1, -0.05) is 6.42 Å². The standard InChI is InChI=1S/C14H26N2O2/c1-10(11-6-7-11)16(8-9-18-2)14(17)12-4-3-5-13(12)15/h10-13H,3-9,15H2,1-2H3. The smallest absolute Gasteiger partial charge is 0.227 e. The molecule has 0 saturated heterocycles. The fraction of sp³-hybridized carbons (Fsp3) is 0.929. The lowest BCUT2D eigenvalue weighted by molar-refractivity contribution is -0.139. The van der Waals surface area contributed by atoms with Crippen molar-refractivity contribution in [1.29, 1.82) is 0 Å². The third-order valence-electron chi connectivity index (χ3n) is 4.50. The Morgan fingerprint density at radius 1 is 1.39 bits per heavy atom. The maximum atomic E-state index is 12.6. The molecule has 4 nitrogen and oxygen atoms in total. The quantitative estimate of drug-likeness (QED) is 0.779. The molecule has 3 unspecified atom stereocenters. The van der Waals surface area contributed by atoms with Gasteiger partial charge in [-0.25, -0.2) is 0 Å². The zero-order valence-corrected chi connectivity index (χ0v) is 11.6. The third kappa shape index (κ3) is 3.04. The minimum atomic E-state index is 0.0445. The van der Waals surface area contributed by atoms with E-state index in [2.05, 4.69) is 6.92 Å². The second-order valence-electron chi connectivity index (χ2n) is 5.80. The van der Waals surface area contributed by atoms with Gasteiger partial charge in [-0.2, -0.15) is 0 Å². The van der Waals surface area contributed by atoms with Crippen LogP contribution in [0.25, 0.3) is 0 Å². The molecular weight excluding hydrogens is 228 g/mol. The van der Waals surface area contributed by atoms with Gasteiger partial charge in [0.25, 0.3) is 0 Å². The molecular formula is C14H26N2O2. The summed E-state index contributed by atoms with van der Waals surface area (Å²) in [7, 11) is 1.69. The van der Waals surface area contributed by atoms with E-state index in [-0.39, 0.29) is 17.9 Å². The van der Waals surface area contributed by atoms with Crippen molar-refractivity contribution in [3.63, 3.8) is 0 Å². The van der Waals surface area contributed by atoms with Crippen LogP contribution < -0.4 is 5.73 Å². The number of carbonyl (C=O) groups excluding carboxylic acids is 1. The molecule has 2 fully saturated rings. The van der Waals surface area contributed by atoms with Crippen molar-refractivity contribution in [2.75, 3.05) is 20.3 Å². The van der Waals surface area contributed by atoms with Crippen molar-refractivity contribution < 1.29 is 9.53 Å². The van der Waals surface area contributed by atoms with Crippen molar-refractivity contribution in [3.8, 4) is 0 Å². The molecule has 2 saturated carbocycles. The van der Waals surface area contributed by atoms with Crippen LogP contribution in [0.15, 0.2) is 0 Å². The highest BCUT2D eigenvalue weighted by Gasteiger charge is 2.39. The number of nitrogens with zero attached hydrogens (tertiary/aromatic N) is 1. The van der Waals surface area contributed by atoms with E-state index >= 15 is 0 Å². The fourth-order valence-corrected chi connectivity index (χ4v) is 3.05. The van der Waals surface area contributed by atoms with E-state index in [4.69, 9.17) is 10.5 Å². The van der Waals surface area contributed by atoms with Crippen LogP contribution >= 0.6 is 0 Å². The average molecular weight is 254 g/mol. The first-order chi connectivity index (χ1) is 8.65. The van der Waals surface area contributed by atoms with Crippen molar-refractivity contribution in [1.82, 2.24) is 4.90 Å². The maximum absolute atomic E-state index is 12.6. The monoisotopic (exact) mass is 254 g/mol. The van der Waals surface area contributed by atoms with Crippen molar-refractivity contribution in [2.45, 2.75) is 51.1 Å². The highest BCUT2D eigenvalue weighted by Crippen LogP contribution is 2.36. The SMILES string of the molecule is COCCN(C(=O)C1CCCC1N)C(C)C1CC1. The summed E-state index contributed by atoms with van der Waals surface area (Å²) < 4.78 is 5.14. The van der Waals surface area contributed by atoms with Crippen LogP contribution in [0.2, 0.25) is 0 Å². The summed E-state index contributed by atoms with van der Waals surface area (Å²) in [6.45, 7) is 3.49. The van der Waals surface area contributed by atoms with Gasteiger partial charge in [0.2, 0.25) is 5.91 Å². The van der Waals surface area contributed by atoms with Crippen LogP contribution in [0.4, 0.5) is 0 Å². The first-order valence-electron chi connectivity index (χ1n) is 7.20. The Kier molecular flexibility index (Phi) is 4.62. The summed E-state index contributed by atoms with van der Waals surface area (Å²) in [6.07, 6.45) is 5.56. The van der Waals surface area contributed by atoms with Gasteiger partial charge in [0.15, 0.2) is 0 Å². The molecule has 0 heterocycles.